The Morgan fingerprint density at radius 1 is 1.24 bits per heavy atom. The molecule has 6 nitrogen and oxygen atoms in total. The number of nitrogens with zero attached hydrogens (tertiary/aromatic N) is 3. The molecule has 0 bridgehead atoms. The quantitative estimate of drug-likeness (QED) is 0.814. The number of hydrogen-bond acceptors (Lipinski definition) is 5. The minimum Gasteiger partial charge on any atom is -0.476 e. The van der Waals surface area contributed by atoms with E-state index < -0.39 is 5.97 Å². The minimum atomic E-state index is -1.02. The number of carboxylic acids is 1. The third-order valence-corrected chi connectivity index (χ3v) is 6.95. The van der Waals surface area contributed by atoms with Gasteiger partial charge in [-0.05, 0) is 42.9 Å². The van der Waals surface area contributed by atoms with Crippen LogP contribution < -0.4 is 4.90 Å². The van der Waals surface area contributed by atoms with E-state index in [1.807, 2.05) is 18.2 Å². The van der Waals surface area contributed by atoms with Crippen LogP contribution in [0.3, 0.4) is 0 Å². The Kier molecular flexibility index (Phi) is 4.56. The molecule has 2 fully saturated rings. The second kappa shape index (κ2) is 6.70. The molecule has 2 aromatic rings. The lowest BCUT2D eigenvalue weighted by molar-refractivity contribution is 0.0686. The maximum Gasteiger partial charge on any atom is 0.356 e. The van der Waals surface area contributed by atoms with Crippen molar-refractivity contribution in [2.24, 2.45) is 11.8 Å². The first-order valence-electron chi connectivity index (χ1n) is 8.02. The van der Waals surface area contributed by atoms with Gasteiger partial charge in [0.25, 0.3) is 0 Å². The summed E-state index contributed by atoms with van der Waals surface area (Å²) in [5.74, 6) is 0.191. The van der Waals surface area contributed by atoms with Gasteiger partial charge < -0.3 is 10.0 Å². The molecule has 0 radical (unpaired) electrons. The standard InChI is InChI=1S/C16H16Cl2N4O2S/c17-12-2-1-10(5-13(12)18)22-6-8-3-11(4-9(8)7-22)25-15-14(16(23)24)19-21-20-15/h1-2,5,8-9,11H,3-4,6-7H2,(H,23,24)(H,19,20,21)/t8-,9+,11-. The molecule has 1 aromatic carbocycles. The van der Waals surface area contributed by atoms with Gasteiger partial charge in [-0.15, -0.1) is 5.10 Å². The minimum absolute atomic E-state index is 0.0829. The molecule has 1 aromatic heterocycles. The molecule has 1 saturated carbocycles. The van der Waals surface area contributed by atoms with Crippen molar-refractivity contribution in [1.29, 1.82) is 0 Å². The fraction of sp³-hybridized carbons (Fsp3) is 0.438. The van der Waals surface area contributed by atoms with Crippen molar-refractivity contribution >= 4 is 46.6 Å². The first kappa shape index (κ1) is 17.0. The number of carboxylic acid groups (broad SMARTS) is 1. The highest BCUT2D eigenvalue weighted by molar-refractivity contribution is 7.99. The van der Waals surface area contributed by atoms with Gasteiger partial charge in [0.1, 0.15) is 0 Å². The van der Waals surface area contributed by atoms with Crippen LogP contribution in [0.15, 0.2) is 23.2 Å². The van der Waals surface area contributed by atoms with E-state index in [0.717, 1.165) is 31.6 Å². The number of thioether (sulfide) groups is 1. The van der Waals surface area contributed by atoms with Gasteiger partial charge in [-0.1, -0.05) is 40.2 Å². The number of anilines is 1. The van der Waals surface area contributed by atoms with Crippen LogP contribution in [0.4, 0.5) is 5.69 Å². The zero-order valence-corrected chi connectivity index (χ0v) is 15.5. The molecular weight excluding hydrogens is 383 g/mol. The summed E-state index contributed by atoms with van der Waals surface area (Å²) in [6.07, 6.45) is 2.11. The number of halogens is 2. The van der Waals surface area contributed by atoms with Crippen LogP contribution in [0.25, 0.3) is 0 Å². The topological polar surface area (TPSA) is 82.1 Å². The average Bonchev–Trinajstić information content (AvgIpc) is 3.24. The summed E-state index contributed by atoms with van der Waals surface area (Å²) >= 11 is 13.7. The largest absolute Gasteiger partial charge is 0.476 e. The Bertz CT molecular complexity index is 801. The smallest absolute Gasteiger partial charge is 0.356 e. The fourth-order valence-corrected chi connectivity index (χ4v) is 5.46. The molecule has 0 amide bonds. The zero-order valence-electron chi connectivity index (χ0n) is 13.2. The summed E-state index contributed by atoms with van der Waals surface area (Å²) in [5, 5.41) is 21.1. The molecule has 1 saturated heterocycles. The number of aromatic carboxylic acids is 1. The average molecular weight is 399 g/mol. The number of H-pyrrole nitrogens is 1. The van der Waals surface area contributed by atoms with Crippen molar-refractivity contribution in [2.75, 3.05) is 18.0 Å². The SMILES string of the molecule is O=C(O)c1[nH]nnc1S[C@@H]1C[C@@H]2CN(c3ccc(Cl)c(Cl)c3)C[C@@H]2C1. The highest BCUT2D eigenvalue weighted by Gasteiger charge is 2.41. The predicted molar refractivity (Wildman–Crippen MR) is 97.9 cm³/mol. The van der Waals surface area contributed by atoms with Crippen LogP contribution in [0, 0.1) is 11.8 Å². The van der Waals surface area contributed by atoms with Gasteiger partial charge in [0.2, 0.25) is 0 Å². The molecule has 2 aliphatic rings. The first-order valence-corrected chi connectivity index (χ1v) is 9.66. The second-order valence-electron chi connectivity index (χ2n) is 6.53. The van der Waals surface area contributed by atoms with Gasteiger partial charge in [0, 0.05) is 24.0 Å². The van der Waals surface area contributed by atoms with E-state index in [0.29, 0.717) is 32.2 Å². The van der Waals surface area contributed by atoms with Gasteiger partial charge in [-0.25, -0.2) is 4.79 Å². The number of benzene rings is 1. The Balaban J connectivity index is 1.39. The number of carbonyl (C=O) groups is 1. The third-order valence-electron chi connectivity index (χ3n) is 4.98. The molecule has 0 spiro atoms. The maximum absolute atomic E-state index is 11.2. The lowest BCUT2D eigenvalue weighted by Crippen LogP contribution is -2.22. The molecule has 2 heterocycles. The molecule has 25 heavy (non-hydrogen) atoms. The Morgan fingerprint density at radius 3 is 2.60 bits per heavy atom. The van der Waals surface area contributed by atoms with Gasteiger partial charge in [0.05, 0.1) is 10.0 Å². The van der Waals surface area contributed by atoms with Gasteiger partial charge >= 0.3 is 5.97 Å². The summed E-state index contributed by atoms with van der Waals surface area (Å²) in [5.41, 5.74) is 1.19. The molecular formula is C16H16Cl2N4O2S. The lowest BCUT2D eigenvalue weighted by Gasteiger charge is -2.21. The molecule has 1 aliphatic carbocycles. The number of aromatic nitrogens is 3. The van der Waals surface area contributed by atoms with Crippen molar-refractivity contribution < 1.29 is 9.90 Å². The van der Waals surface area contributed by atoms with E-state index in [1.54, 1.807) is 0 Å². The van der Waals surface area contributed by atoms with Crippen molar-refractivity contribution in [3.8, 4) is 0 Å². The third kappa shape index (κ3) is 3.32. The van der Waals surface area contributed by atoms with Crippen LogP contribution in [0.5, 0.6) is 0 Å². The van der Waals surface area contributed by atoms with E-state index >= 15 is 0 Å². The Labute approximate surface area is 158 Å². The molecule has 0 unspecified atom stereocenters. The normalized spacial score (nSPS) is 25.4. The van der Waals surface area contributed by atoms with E-state index in [-0.39, 0.29) is 5.69 Å². The molecule has 2 N–H and O–H groups in total. The number of nitrogens with one attached hydrogen (secondary N) is 1. The number of hydrogen-bond donors (Lipinski definition) is 2. The van der Waals surface area contributed by atoms with E-state index in [4.69, 9.17) is 28.3 Å². The Hall–Kier alpha value is -1.44. The van der Waals surface area contributed by atoms with E-state index in [2.05, 4.69) is 20.3 Å². The van der Waals surface area contributed by atoms with Crippen LogP contribution in [-0.2, 0) is 0 Å². The first-order chi connectivity index (χ1) is 12.0. The number of aromatic amines is 1. The second-order valence-corrected chi connectivity index (χ2v) is 8.64. The van der Waals surface area contributed by atoms with Crippen LogP contribution in [-0.4, -0.2) is 44.8 Å². The van der Waals surface area contributed by atoms with Crippen LogP contribution >= 0.6 is 35.0 Å². The Morgan fingerprint density at radius 2 is 1.96 bits per heavy atom. The van der Waals surface area contributed by atoms with E-state index in [1.165, 1.54) is 11.8 Å². The summed E-state index contributed by atoms with van der Waals surface area (Å²) < 4.78 is 0. The van der Waals surface area contributed by atoms with Crippen LogP contribution in [0.2, 0.25) is 10.0 Å². The van der Waals surface area contributed by atoms with Crippen molar-refractivity contribution in [3.05, 3.63) is 33.9 Å². The lowest BCUT2D eigenvalue weighted by atomic mass is 10.0. The molecule has 1 aliphatic heterocycles. The maximum atomic E-state index is 11.2. The summed E-state index contributed by atoms with van der Waals surface area (Å²) in [7, 11) is 0. The van der Waals surface area contributed by atoms with Crippen molar-refractivity contribution in [2.45, 2.75) is 23.1 Å². The van der Waals surface area contributed by atoms with Gasteiger partial charge in [-0.2, -0.15) is 0 Å². The van der Waals surface area contributed by atoms with Gasteiger partial charge in [0.15, 0.2) is 10.7 Å². The number of fused-ring (bicyclic) bond motifs is 1. The monoisotopic (exact) mass is 398 g/mol. The predicted octanol–water partition coefficient (Wildman–Crippen LogP) is 3.82. The molecule has 4 rings (SSSR count). The summed E-state index contributed by atoms with van der Waals surface area (Å²) in [4.78, 5) is 13.5. The zero-order chi connectivity index (χ0) is 17.6. The van der Waals surface area contributed by atoms with Crippen molar-refractivity contribution in [3.63, 3.8) is 0 Å². The molecule has 9 heteroatoms. The van der Waals surface area contributed by atoms with Crippen LogP contribution in [0.1, 0.15) is 23.3 Å². The summed E-state index contributed by atoms with van der Waals surface area (Å²) in [6.45, 7) is 1.98. The summed E-state index contributed by atoms with van der Waals surface area (Å²) in [6, 6.07) is 5.77. The number of rotatable bonds is 4. The highest BCUT2D eigenvalue weighted by atomic mass is 35.5. The van der Waals surface area contributed by atoms with Gasteiger partial charge in [-0.3, -0.25) is 5.10 Å². The van der Waals surface area contributed by atoms with Crippen molar-refractivity contribution in [1.82, 2.24) is 15.4 Å². The molecule has 3 atom stereocenters. The highest BCUT2D eigenvalue weighted by Crippen LogP contribution is 2.46. The fourth-order valence-electron chi connectivity index (χ4n) is 3.83. The van der Waals surface area contributed by atoms with E-state index in [9.17, 15) is 4.79 Å². The molecule has 132 valence electrons.